The maximum atomic E-state index is 12.4. The summed E-state index contributed by atoms with van der Waals surface area (Å²) in [7, 11) is 0. The van der Waals surface area contributed by atoms with Crippen molar-refractivity contribution in [2.75, 3.05) is 0 Å². The van der Waals surface area contributed by atoms with Gasteiger partial charge < -0.3 is 9.47 Å². The Labute approximate surface area is 119 Å². The monoisotopic (exact) mass is 281 g/mol. The van der Waals surface area contributed by atoms with Crippen LogP contribution in [0.2, 0.25) is 0 Å². The number of Topliss-reactive ketones (excluding diaryl/α,β-unsaturated/α-hetero) is 1. The van der Waals surface area contributed by atoms with Gasteiger partial charge in [0.2, 0.25) is 0 Å². The van der Waals surface area contributed by atoms with Crippen molar-refractivity contribution in [2.45, 2.75) is 58.5 Å². The lowest BCUT2D eigenvalue weighted by Crippen LogP contribution is -2.60. The number of ketones is 1. The van der Waals surface area contributed by atoms with E-state index in [1.54, 1.807) is 33.8 Å². The Balaban J connectivity index is 2.14. The van der Waals surface area contributed by atoms with Crippen LogP contribution in [-0.2, 0) is 14.3 Å². The van der Waals surface area contributed by atoms with E-state index in [1.165, 1.54) is 0 Å². The zero-order valence-electron chi connectivity index (χ0n) is 12.7. The van der Waals surface area contributed by atoms with E-state index in [0.29, 0.717) is 0 Å². The molecule has 0 aliphatic carbocycles. The molecule has 0 aromatic carbocycles. The van der Waals surface area contributed by atoms with Gasteiger partial charge >= 0.3 is 6.09 Å². The summed E-state index contributed by atoms with van der Waals surface area (Å²) in [5, 5.41) is 2.71. The molecule has 20 heavy (non-hydrogen) atoms. The van der Waals surface area contributed by atoms with Crippen LogP contribution < -0.4 is 5.32 Å². The number of nitrogens with one attached hydrogen (secondary N) is 1. The van der Waals surface area contributed by atoms with Gasteiger partial charge in [-0.15, -0.1) is 0 Å². The first-order valence-corrected chi connectivity index (χ1v) is 7.10. The van der Waals surface area contributed by atoms with Crippen LogP contribution >= 0.6 is 0 Å². The van der Waals surface area contributed by atoms with Crippen molar-refractivity contribution < 1.29 is 19.1 Å². The molecule has 5 heteroatoms. The molecule has 2 heterocycles. The van der Waals surface area contributed by atoms with Crippen molar-refractivity contribution in [1.29, 1.82) is 0 Å². The third-order valence-electron chi connectivity index (χ3n) is 3.83. The molecule has 4 atom stereocenters. The van der Waals surface area contributed by atoms with Crippen molar-refractivity contribution in [3.05, 3.63) is 12.2 Å². The van der Waals surface area contributed by atoms with E-state index in [2.05, 4.69) is 5.32 Å². The summed E-state index contributed by atoms with van der Waals surface area (Å²) in [5.74, 6) is -0.419. The molecule has 0 spiro atoms. The smallest absolute Gasteiger partial charge is 0.410 e. The van der Waals surface area contributed by atoms with Crippen LogP contribution in [-0.4, -0.2) is 29.3 Å². The van der Waals surface area contributed by atoms with Crippen LogP contribution in [0.3, 0.4) is 0 Å². The second-order valence-electron chi connectivity index (χ2n) is 6.50. The standard InChI is InChI=1S/C15H23NO4/c1-6-10-11-7-8-15(19-11,9(2)12(10)17)16-13(18)20-14(3,4)5/h7-11H,6H2,1-5H3,(H,16,18)/t9-,10-,11-,15+/m1/s1. The average molecular weight is 281 g/mol. The Morgan fingerprint density at radius 3 is 2.70 bits per heavy atom. The summed E-state index contributed by atoms with van der Waals surface area (Å²) in [4.78, 5) is 24.3. The fourth-order valence-electron chi connectivity index (χ4n) is 2.77. The van der Waals surface area contributed by atoms with E-state index >= 15 is 0 Å². The summed E-state index contributed by atoms with van der Waals surface area (Å²) in [5.41, 5.74) is -1.65. The highest BCUT2D eigenvalue weighted by Gasteiger charge is 2.54. The third kappa shape index (κ3) is 2.59. The number of carbonyl (C=O) groups is 2. The lowest BCUT2D eigenvalue weighted by molar-refractivity contribution is -0.165. The highest BCUT2D eigenvalue weighted by molar-refractivity contribution is 5.87. The molecular formula is C15H23NO4. The quantitative estimate of drug-likeness (QED) is 0.789. The number of ether oxygens (including phenoxy) is 2. The molecule has 0 aromatic heterocycles. The highest BCUT2D eigenvalue weighted by atomic mass is 16.6. The molecule has 1 N–H and O–H groups in total. The number of hydrogen-bond acceptors (Lipinski definition) is 4. The van der Waals surface area contributed by atoms with Gasteiger partial charge in [-0.3, -0.25) is 10.1 Å². The molecule has 0 aromatic rings. The van der Waals surface area contributed by atoms with Crippen LogP contribution in [0.15, 0.2) is 12.2 Å². The molecule has 0 saturated carbocycles. The Bertz CT molecular complexity index is 451. The predicted octanol–water partition coefficient (Wildman–Crippen LogP) is 2.41. The van der Waals surface area contributed by atoms with Crippen molar-refractivity contribution >= 4 is 11.9 Å². The molecule has 1 amide bonds. The van der Waals surface area contributed by atoms with Gasteiger partial charge in [0.05, 0.1) is 12.0 Å². The molecule has 5 nitrogen and oxygen atoms in total. The average Bonchev–Trinajstić information content (AvgIpc) is 2.67. The fraction of sp³-hybridized carbons (Fsp3) is 0.733. The molecule has 0 radical (unpaired) electrons. The first-order valence-electron chi connectivity index (χ1n) is 7.10. The second-order valence-corrected chi connectivity index (χ2v) is 6.50. The van der Waals surface area contributed by atoms with E-state index in [1.807, 2.05) is 13.0 Å². The minimum atomic E-state index is -1.06. The second kappa shape index (κ2) is 4.88. The lowest BCUT2D eigenvalue weighted by atomic mass is 9.82. The lowest BCUT2D eigenvalue weighted by Gasteiger charge is -2.41. The van der Waals surface area contributed by atoms with E-state index in [4.69, 9.17) is 9.47 Å². The molecule has 2 rings (SSSR count). The van der Waals surface area contributed by atoms with Crippen LogP contribution in [0.4, 0.5) is 4.79 Å². The first kappa shape index (κ1) is 15.0. The molecular weight excluding hydrogens is 258 g/mol. The van der Waals surface area contributed by atoms with Crippen molar-refractivity contribution in [1.82, 2.24) is 5.32 Å². The Kier molecular flexibility index (Phi) is 3.67. The van der Waals surface area contributed by atoms with Crippen molar-refractivity contribution in [3.8, 4) is 0 Å². The van der Waals surface area contributed by atoms with Gasteiger partial charge in [0.1, 0.15) is 11.4 Å². The maximum absolute atomic E-state index is 12.4. The van der Waals surface area contributed by atoms with Crippen LogP contribution in [0.5, 0.6) is 0 Å². The summed E-state index contributed by atoms with van der Waals surface area (Å²) >= 11 is 0. The number of carbonyl (C=O) groups excluding carboxylic acids is 2. The topological polar surface area (TPSA) is 64.6 Å². The minimum absolute atomic E-state index is 0.127. The Morgan fingerprint density at radius 1 is 1.50 bits per heavy atom. The summed E-state index contributed by atoms with van der Waals surface area (Å²) < 4.78 is 11.2. The zero-order chi connectivity index (χ0) is 15.1. The molecule has 1 saturated heterocycles. The normalized spacial score (nSPS) is 36.0. The summed E-state index contributed by atoms with van der Waals surface area (Å²) in [6.07, 6.45) is 3.56. The number of fused-ring (bicyclic) bond motifs is 2. The van der Waals surface area contributed by atoms with E-state index in [0.717, 1.165) is 6.42 Å². The zero-order valence-corrected chi connectivity index (χ0v) is 12.7. The minimum Gasteiger partial charge on any atom is -0.444 e. The number of amides is 1. The van der Waals surface area contributed by atoms with Gasteiger partial charge in [-0.25, -0.2) is 4.79 Å². The van der Waals surface area contributed by atoms with Crippen molar-refractivity contribution in [2.24, 2.45) is 11.8 Å². The molecule has 0 unspecified atom stereocenters. The van der Waals surface area contributed by atoms with Gasteiger partial charge in [0, 0.05) is 5.92 Å². The Hall–Kier alpha value is -1.36. The predicted molar refractivity (Wildman–Crippen MR) is 74.1 cm³/mol. The number of hydrogen-bond donors (Lipinski definition) is 1. The van der Waals surface area contributed by atoms with Gasteiger partial charge in [0.25, 0.3) is 0 Å². The van der Waals surface area contributed by atoms with Gasteiger partial charge in [-0.05, 0) is 33.3 Å². The van der Waals surface area contributed by atoms with E-state index < -0.39 is 23.3 Å². The highest BCUT2D eigenvalue weighted by Crippen LogP contribution is 2.40. The van der Waals surface area contributed by atoms with Crippen LogP contribution in [0, 0.1) is 11.8 Å². The third-order valence-corrected chi connectivity index (χ3v) is 3.83. The largest absolute Gasteiger partial charge is 0.444 e. The summed E-state index contributed by atoms with van der Waals surface area (Å²) in [6.45, 7) is 9.14. The number of alkyl carbamates (subject to hydrolysis) is 1. The SMILES string of the molecule is CC[C@H]1C(=O)[C@@H](C)[C@]2(NC(=O)OC(C)(C)C)C=C[C@H]1O2. The van der Waals surface area contributed by atoms with Gasteiger partial charge in [-0.2, -0.15) is 0 Å². The van der Waals surface area contributed by atoms with E-state index in [9.17, 15) is 9.59 Å². The molecule has 1 fully saturated rings. The number of rotatable bonds is 2. The summed E-state index contributed by atoms with van der Waals surface area (Å²) in [6, 6.07) is 0. The molecule has 2 aliphatic rings. The Morgan fingerprint density at radius 2 is 2.15 bits per heavy atom. The van der Waals surface area contributed by atoms with Crippen molar-refractivity contribution in [3.63, 3.8) is 0 Å². The molecule has 2 bridgehead atoms. The molecule has 112 valence electrons. The van der Waals surface area contributed by atoms with Crippen LogP contribution in [0.25, 0.3) is 0 Å². The van der Waals surface area contributed by atoms with E-state index in [-0.39, 0.29) is 17.8 Å². The maximum Gasteiger partial charge on any atom is 0.410 e. The van der Waals surface area contributed by atoms with Crippen LogP contribution in [0.1, 0.15) is 41.0 Å². The first-order chi connectivity index (χ1) is 9.18. The van der Waals surface area contributed by atoms with Gasteiger partial charge in [0.15, 0.2) is 5.72 Å². The van der Waals surface area contributed by atoms with Gasteiger partial charge in [-0.1, -0.05) is 19.9 Å². The molecule has 2 aliphatic heterocycles. The fourth-order valence-corrected chi connectivity index (χ4v) is 2.77.